The van der Waals surface area contributed by atoms with E-state index in [0.29, 0.717) is 18.0 Å². The van der Waals surface area contributed by atoms with Gasteiger partial charge in [0.2, 0.25) is 0 Å². The van der Waals surface area contributed by atoms with Crippen LogP contribution in [0.4, 0.5) is 5.00 Å². The Morgan fingerprint density at radius 2 is 1.92 bits per heavy atom. The van der Waals surface area contributed by atoms with Crippen LogP contribution in [0.5, 0.6) is 0 Å². The van der Waals surface area contributed by atoms with Crippen LogP contribution in [-0.2, 0) is 0 Å². The Hall–Kier alpha value is -1.22. The molecule has 0 bridgehead atoms. The molecule has 0 saturated carbocycles. The van der Waals surface area contributed by atoms with Crippen molar-refractivity contribution in [3.8, 4) is 0 Å². The fraction of sp³-hybridized carbons (Fsp3) is 0.667. The van der Waals surface area contributed by atoms with Gasteiger partial charge in [-0.3, -0.25) is 19.8 Å². The minimum Gasteiger partial charge on any atom is -0.335 e. The quantitative estimate of drug-likeness (QED) is 0.642. The van der Waals surface area contributed by atoms with Gasteiger partial charge in [-0.15, -0.1) is 12.4 Å². The van der Waals surface area contributed by atoms with Gasteiger partial charge in [0, 0.05) is 38.8 Å². The number of thiophene rings is 1. The monoisotopic (exact) mass is 374 g/mol. The predicted molar refractivity (Wildman–Crippen MR) is 96.2 cm³/mol. The second kappa shape index (κ2) is 8.75. The lowest BCUT2D eigenvalue weighted by Crippen LogP contribution is -2.50. The van der Waals surface area contributed by atoms with E-state index in [9.17, 15) is 14.9 Å². The second-order valence-electron chi connectivity index (χ2n) is 6.18. The molecular weight excluding hydrogens is 352 g/mol. The molecule has 7 nitrogen and oxygen atoms in total. The molecule has 0 unspecified atom stereocenters. The predicted octanol–water partition coefficient (Wildman–Crippen LogP) is 1.84. The molecular formula is C15H23ClN4O3S. The van der Waals surface area contributed by atoms with Gasteiger partial charge in [0.15, 0.2) is 0 Å². The SMILES string of the molecule is Cl.O=C(c1ccc([N+](=O)[O-])s1)N1CCN(CC2CCNCC2)CC1. The summed E-state index contributed by atoms with van der Waals surface area (Å²) in [4.78, 5) is 27.4. The number of nitrogens with one attached hydrogen (secondary N) is 1. The molecule has 2 aliphatic heterocycles. The third-order valence-electron chi connectivity index (χ3n) is 4.62. The number of carbonyl (C=O) groups excluding carboxylic acids is 1. The molecule has 134 valence electrons. The topological polar surface area (TPSA) is 78.7 Å². The maximum absolute atomic E-state index is 12.4. The van der Waals surface area contributed by atoms with Gasteiger partial charge in [-0.05, 0) is 37.9 Å². The van der Waals surface area contributed by atoms with E-state index in [-0.39, 0.29) is 23.3 Å². The van der Waals surface area contributed by atoms with Gasteiger partial charge in [-0.1, -0.05) is 11.3 Å². The summed E-state index contributed by atoms with van der Waals surface area (Å²) in [5.41, 5.74) is 0. The summed E-state index contributed by atoms with van der Waals surface area (Å²) in [6.45, 7) is 6.53. The van der Waals surface area contributed by atoms with E-state index in [1.807, 2.05) is 4.90 Å². The first-order valence-electron chi connectivity index (χ1n) is 8.10. The van der Waals surface area contributed by atoms with Crippen molar-refractivity contribution < 1.29 is 9.72 Å². The summed E-state index contributed by atoms with van der Waals surface area (Å²) in [5.74, 6) is 0.683. The largest absolute Gasteiger partial charge is 0.335 e. The number of hydrogen-bond donors (Lipinski definition) is 1. The maximum Gasteiger partial charge on any atom is 0.324 e. The van der Waals surface area contributed by atoms with Crippen LogP contribution in [0.25, 0.3) is 0 Å². The summed E-state index contributed by atoms with van der Waals surface area (Å²) < 4.78 is 0. The lowest BCUT2D eigenvalue weighted by Gasteiger charge is -2.37. The average Bonchev–Trinajstić information content (AvgIpc) is 3.06. The first kappa shape index (κ1) is 19.1. The number of rotatable bonds is 4. The van der Waals surface area contributed by atoms with Crippen molar-refractivity contribution in [1.29, 1.82) is 0 Å². The Morgan fingerprint density at radius 1 is 1.25 bits per heavy atom. The molecule has 9 heteroatoms. The Labute approximate surface area is 151 Å². The molecule has 2 aliphatic rings. The number of nitro groups is 1. The van der Waals surface area contributed by atoms with E-state index < -0.39 is 4.92 Å². The van der Waals surface area contributed by atoms with Crippen LogP contribution in [0.2, 0.25) is 0 Å². The first-order valence-corrected chi connectivity index (χ1v) is 8.91. The molecule has 0 atom stereocenters. The molecule has 0 aromatic carbocycles. The van der Waals surface area contributed by atoms with Gasteiger partial charge in [0.05, 0.1) is 9.80 Å². The summed E-state index contributed by atoms with van der Waals surface area (Å²) in [5, 5.41) is 14.1. The van der Waals surface area contributed by atoms with Crippen molar-refractivity contribution in [1.82, 2.24) is 15.1 Å². The Bertz CT molecular complexity index is 569. The smallest absolute Gasteiger partial charge is 0.324 e. The molecule has 1 aromatic heterocycles. The average molecular weight is 375 g/mol. The van der Waals surface area contributed by atoms with Crippen molar-refractivity contribution in [2.45, 2.75) is 12.8 Å². The third kappa shape index (κ3) is 4.66. The van der Waals surface area contributed by atoms with Crippen molar-refractivity contribution in [2.75, 3.05) is 45.8 Å². The summed E-state index contributed by atoms with van der Waals surface area (Å²) in [7, 11) is 0. The number of hydrogen-bond acceptors (Lipinski definition) is 6. The Balaban J connectivity index is 0.00000208. The first-order chi connectivity index (χ1) is 11.1. The number of piperazine rings is 1. The van der Waals surface area contributed by atoms with E-state index in [0.717, 1.165) is 50.0 Å². The number of piperidine rings is 1. The van der Waals surface area contributed by atoms with Crippen LogP contribution >= 0.6 is 23.7 Å². The van der Waals surface area contributed by atoms with Crippen molar-refractivity contribution in [3.63, 3.8) is 0 Å². The van der Waals surface area contributed by atoms with Gasteiger partial charge in [-0.2, -0.15) is 0 Å². The summed E-state index contributed by atoms with van der Waals surface area (Å²) in [6, 6.07) is 2.97. The minimum absolute atomic E-state index is 0. The number of nitrogens with zero attached hydrogens (tertiary/aromatic N) is 3. The third-order valence-corrected chi connectivity index (χ3v) is 5.64. The molecule has 0 aliphatic carbocycles. The highest BCUT2D eigenvalue weighted by Crippen LogP contribution is 2.25. The fourth-order valence-corrected chi connectivity index (χ4v) is 4.05. The maximum atomic E-state index is 12.4. The van der Waals surface area contributed by atoms with Crippen LogP contribution in [0, 0.1) is 16.0 Å². The molecule has 2 fully saturated rings. The van der Waals surface area contributed by atoms with E-state index >= 15 is 0 Å². The van der Waals surface area contributed by atoms with E-state index in [1.54, 1.807) is 6.07 Å². The molecule has 2 saturated heterocycles. The summed E-state index contributed by atoms with van der Waals surface area (Å²) >= 11 is 0.961. The second-order valence-corrected chi connectivity index (χ2v) is 7.24. The lowest BCUT2D eigenvalue weighted by atomic mass is 9.97. The van der Waals surface area contributed by atoms with Crippen LogP contribution in [0.3, 0.4) is 0 Å². The van der Waals surface area contributed by atoms with Crippen LogP contribution in [0.1, 0.15) is 22.5 Å². The molecule has 0 radical (unpaired) electrons. The molecule has 0 spiro atoms. The van der Waals surface area contributed by atoms with Crippen LogP contribution in [-0.4, -0.2) is 66.4 Å². The zero-order chi connectivity index (χ0) is 16.2. The fourth-order valence-electron chi connectivity index (χ4n) is 3.26. The molecule has 1 amide bonds. The molecule has 24 heavy (non-hydrogen) atoms. The van der Waals surface area contributed by atoms with Gasteiger partial charge in [-0.25, -0.2) is 0 Å². The van der Waals surface area contributed by atoms with E-state index in [2.05, 4.69) is 10.2 Å². The Kier molecular flexibility index (Phi) is 6.97. The number of carbonyl (C=O) groups is 1. The van der Waals surface area contributed by atoms with Gasteiger partial charge in [0.1, 0.15) is 0 Å². The van der Waals surface area contributed by atoms with Gasteiger partial charge < -0.3 is 10.2 Å². The van der Waals surface area contributed by atoms with E-state index in [1.165, 1.54) is 18.9 Å². The molecule has 3 rings (SSSR count). The molecule has 1 aromatic rings. The Morgan fingerprint density at radius 3 is 2.50 bits per heavy atom. The molecule has 1 N–H and O–H groups in total. The number of amides is 1. The van der Waals surface area contributed by atoms with E-state index in [4.69, 9.17) is 0 Å². The highest BCUT2D eigenvalue weighted by molar-refractivity contribution is 7.17. The molecule has 3 heterocycles. The highest BCUT2D eigenvalue weighted by atomic mass is 35.5. The van der Waals surface area contributed by atoms with Crippen LogP contribution in [0.15, 0.2) is 12.1 Å². The normalized spacial score (nSPS) is 19.8. The van der Waals surface area contributed by atoms with Crippen molar-refractivity contribution >= 4 is 34.7 Å². The minimum atomic E-state index is -0.446. The zero-order valence-corrected chi connectivity index (χ0v) is 15.1. The standard InChI is InChI=1S/C15H22N4O3S.ClH/c20-15(13-1-2-14(23-13)19(21)22)18-9-7-17(8-10-18)11-12-3-5-16-6-4-12;/h1-2,12,16H,3-11H2;1H. The summed E-state index contributed by atoms with van der Waals surface area (Å²) in [6.07, 6.45) is 2.47. The van der Waals surface area contributed by atoms with Crippen LogP contribution < -0.4 is 5.32 Å². The van der Waals surface area contributed by atoms with Gasteiger partial charge in [0.25, 0.3) is 5.91 Å². The lowest BCUT2D eigenvalue weighted by molar-refractivity contribution is -0.380. The zero-order valence-electron chi connectivity index (χ0n) is 13.5. The number of halogens is 1. The van der Waals surface area contributed by atoms with Crippen molar-refractivity contribution in [2.24, 2.45) is 5.92 Å². The van der Waals surface area contributed by atoms with Crippen molar-refractivity contribution in [3.05, 3.63) is 27.1 Å². The highest BCUT2D eigenvalue weighted by Gasteiger charge is 2.26. The van der Waals surface area contributed by atoms with Gasteiger partial charge >= 0.3 is 5.00 Å².